The van der Waals surface area contributed by atoms with Crippen LogP contribution in [0.15, 0.2) is 0 Å². The Balaban J connectivity index is 3.47. The highest BCUT2D eigenvalue weighted by Crippen LogP contribution is 1.93. The highest BCUT2D eigenvalue weighted by Gasteiger charge is 2.14. The Morgan fingerprint density at radius 1 is 1.33 bits per heavy atom. The van der Waals surface area contributed by atoms with Crippen LogP contribution in [-0.2, 0) is 9.53 Å². The van der Waals surface area contributed by atoms with Crippen molar-refractivity contribution in [3.8, 4) is 0 Å². The number of quaternary nitrogens is 1. The first kappa shape index (κ1) is 11.4. The normalized spacial score (nSPS) is 11.3. The third-order valence-corrected chi connectivity index (χ3v) is 1.36. The third kappa shape index (κ3) is 7.54. The molecule has 0 aromatic carbocycles. The topological polar surface area (TPSA) is 26.3 Å². The fourth-order valence-electron chi connectivity index (χ4n) is 0.763. The van der Waals surface area contributed by atoms with Crippen molar-refractivity contribution in [1.29, 1.82) is 0 Å². The van der Waals surface area contributed by atoms with Crippen LogP contribution in [0.1, 0.15) is 19.8 Å². The highest BCUT2D eigenvalue weighted by atomic mass is 16.5. The molecular weight excluding hydrogens is 154 g/mol. The Hall–Kier alpha value is -0.570. The molecule has 0 spiro atoms. The molecule has 0 heterocycles. The summed E-state index contributed by atoms with van der Waals surface area (Å²) in [6, 6.07) is 0. The van der Waals surface area contributed by atoms with E-state index in [4.69, 9.17) is 4.74 Å². The molecule has 0 aliphatic carbocycles. The van der Waals surface area contributed by atoms with Crippen molar-refractivity contribution in [3.63, 3.8) is 0 Å². The Morgan fingerprint density at radius 3 is 2.33 bits per heavy atom. The minimum absolute atomic E-state index is 0.101. The largest absolute Gasteiger partial charge is 0.462 e. The number of likely N-dealkylation sites (N-methyl/N-ethyl adjacent to an activating group) is 1. The van der Waals surface area contributed by atoms with Crippen LogP contribution in [0, 0.1) is 0 Å². The van der Waals surface area contributed by atoms with Gasteiger partial charge in [0.15, 0.2) is 6.54 Å². The van der Waals surface area contributed by atoms with E-state index in [1.54, 1.807) is 0 Å². The molecule has 0 aliphatic heterocycles. The average molecular weight is 174 g/mol. The van der Waals surface area contributed by atoms with Crippen molar-refractivity contribution in [2.24, 2.45) is 0 Å². The predicted molar refractivity (Wildman–Crippen MR) is 48.8 cm³/mol. The highest BCUT2D eigenvalue weighted by molar-refractivity contribution is 5.70. The number of hydrogen-bond acceptors (Lipinski definition) is 2. The number of unbranched alkanes of at least 4 members (excludes halogenated alkanes) is 1. The number of nitrogens with zero attached hydrogens (tertiary/aromatic N) is 1. The Labute approximate surface area is 74.9 Å². The molecule has 12 heavy (non-hydrogen) atoms. The first-order chi connectivity index (χ1) is 5.45. The summed E-state index contributed by atoms with van der Waals surface area (Å²) in [6.07, 6.45) is 2.03. The lowest BCUT2D eigenvalue weighted by Crippen LogP contribution is -2.40. The molecule has 0 radical (unpaired) electrons. The maximum Gasteiger partial charge on any atom is 0.361 e. The maximum absolute atomic E-state index is 11.1. The van der Waals surface area contributed by atoms with Gasteiger partial charge in [0.1, 0.15) is 0 Å². The molecule has 0 aromatic heterocycles. The van der Waals surface area contributed by atoms with Crippen LogP contribution in [0.5, 0.6) is 0 Å². The van der Waals surface area contributed by atoms with Crippen LogP contribution in [0.3, 0.4) is 0 Å². The molecule has 0 amide bonds. The van der Waals surface area contributed by atoms with E-state index in [0.29, 0.717) is 17.6 Å². The lowest BCUT2D eigenvalue weighted by Gasteiger charge is -2.22. The summed E-state index contributed by atoms with van der Waals surface area (Å²) in [7, 11) is 5.92. The summed E-state index contributed by atoms with van der Waals surface area (Å²) in [6.45, 7) is 3.09. The summed E-state index contributed by atoms with van der Waals surface area (Å²) in [5, 5.41) is 0. The van der Waals surface area contributed by atoms with E-state index in [1.807, 2.05) is 21.1 Å². The number of esters is 1. The van der Waals surface area contributed by atoms with E-state index in [9.17, 15) is 4.79 Å². The average Bonchev–Trinajstić information content (AvgIpc) is 1.84. The van der Waals surface area contributed by atoms with E-state index in [2.05, 4.69) is 6.92 Å². The van der Waals surface area contributed by atoms with Gasteiger partial charge in [-0.05, 0) is 6.42 Å². The summed E-state index contributed by atoms with van der Waals surface area (Å²) >= 11 is 0. The third-order valence-electron chi connectivity index (χ3n) is 1.36. The van der Waals surface area contributed by atoms with Crippen molar-refractivity contribution in [3.05, 3.63) is 0 Å². The van der Waals surface area contributed by atoms with Gasteiger partial charge in [-0.2, -0.15) is 0 Å². The van der Waals surface area contributed by atoms with Gasteiger partial charge >= 0.3 is 5.97 Å². The van der Waals surface area contributed by atoms with E-state index in [-0.39, 0.29) is 5.97 Å². The van der Waals surface area contributed by atoms with Crippen LogP contribution in [-0.4, -0.2) is 44.7 Å². The van der Waals surface area contributed by atoms with Gasteiger partial charge in [0.05, 0.1) is 27.7 Å². The van der Waals surface area contributed by atoms with Crippen molar-refractivity contribution in [1.82, 2.24) is 0 Å². The lowest BCUT2D eigenvalue weighted by atomic mass is 10.4. The molecule has 0 fully saturated rings. The van der Waals surface area contributed by atoms with Gasteiger partial charge in [0.2, 0.25) is 0 Å². The minimum Gasteiger partial charge on any atom is -0.462 e. The van der Waals surface area contributed by atoms with Crippen LogP contribution in [0.4, 0.5) is 0 Å². The number of carbonyl (C=O) groups is 1. The zero-order valence-electron chi connectivity index (χ0n) is 8.59. The van der Waals surface area contributed by atoms with Gasteiger partial charge in [-0.1, -0.05) is 13.3 Å². The van der Waals surface area contributed by atoms with Crippen molar-refractivity contribution < 1.29 is 14.0 Å². The number of rotatable bonds is 5. The van der Waals surface area contributed by atoms with Crippen LogP contribution in [0.25, 0.3) is 0 Å². The second-order valence-corrected chi connectivity index (χ2v) is 4.02. The van der Waals surface area contributed by atoms with E-state index >= 15 is 0 Å². The second-order valence-electron chi connectivity index (χ2n) is 4.02. The lowest BCUT2D eigenvalue weighted by molar-refractivity contribution is -0.862. The standard InChI is InChI=1S/C9H20NO2/c1-5-6-7-12-9(11)8-10(2,3)4/h5-8H2,1-4H3/q+1. The van der Waals surface area contributed by atoms with Gasteiger partial charge in [-0.25, -0.2) is 4.79 Å². The molecular formula is C9H20NO2+. The number of hydrogen-bond donors (Lipinski definition) is 0. The number of ether oxygens (including phenoxy) is 1. The van der Waals surface area contributed by atoms with E-state index in [1.165, 1.54) is 0 Å². The molecule has 0 bridgehead atoms. The van der Waals surface area contributed by atoms with Crippen LogP contribution < -0.4 is 0 Å². The van der Waals surface area contributed by atoms with Crippen molar-refractivity contribution >= 4 is 5.97 Å². The Bertz CT molecular complexity index is 138. The van der Waals surface area contributed by atoms with Crippen molar-refractivity contribution in [2.75, 3.05) is 34.3 Å². The minimum atomic E-state index is -0.101. The molecule has 0 N–H and O–H groups in total. The molecule has 0 saturated heterocycles. The van der Waals surface area contributed by atoms with E-state index in [0.717, 1.165) is 12.8 Å². The predicted octanol–water partition coefficient (Wildman–Crippen LogP) is 1.04. The van der Waals surface area contributed by atoms with Crippen LogP contribution >= 0.6 is 0 Å². The summed E-state index contributed by atoms with van der Waals surface area (Å²) in [5.41, 5.74) is 0. The van der Waals surface area contributed by atoms with Gasteiger partial charge in [-0.15, -0.1) is 0 Å². The Morgan fingerprint density at radius 2 is 1.92 bits per heavy atom. The molecule has 0 saturated carbocycles. The fourth-order valence-corrected chi connectivity index (χ4v) is 0.763. The first-order valence-electron chi connectivity index (χ1n) is 4.42. The molecule has 3 heteroatoms. The van der Waals surface area contributed by atoms with Gasteiger partial charge in [0, 0.05) is 0 Å². The van der Waals surface area contributed by atoms with E-state index < -0.39 is 0 Å². The smallest absolute Gasteiger partial charge is 0.361 e. The molecule has 0 unspecified atom stereocenters. The molecule has 0 aromatic rings. The van der Waals surface area contributed by atoms with Gasteiger partial charge in [-0.3, -0.25) is 0 Å². The molecule has 0 atom stereocenters. The summed E-state index contributed by atoms with van der Waals surface area (Å²) in [4.78, 5) is 11.1. The van der Waals surface area contributed by atoms with Crippen molar-refractivity contribution in [2.45, 2.75) is 19.8 Å². The van der Waals surface area contributed by atoms with Gasteiger partial charge in [0.25, 0.3) is 0 Å². The summed E-state index contributed by atoms with van der Waals surface area (Å²) in [5.74, 6) is -0.101. The van der Waals surface area contributed by atoms with Crippen LogP contribution in [0.2, 0.25) is 0 Å². The zero-order valence-corrected chi connectivity index (χ0v) is 8.59. The molecule has 3 nitrogen and oxygen atoms in total. The first-order valence-corrected chi connectivity index (χ1v) is 4.42. The molecule has 72 valence electrons. The Kier molecular flexibility index (Phi) is 4.90. The quantitative estimate of drug-likeness (QED) is 0.353. The summed E-state index contributed by atoms with van der Waals surface area (Å²) < 4.78 is 5.63. The fraction of sp³-hybridized carbons (Fsp3) is 0.889. The molecule has 0 aliphatic rings. The molecule has 0 rings (SSSR count). The zero-order chi connectivity index (χ0) is 9.61. The number of carbonyl (C=O) groups excluding carboxylic acids is 1. The second kappa shape index (κ2) is 5.14. The SMILES string of the molecule is CCCCOC(=O)C[N+](C)(C)C. The monoisotopic (exact) mass is 174 g/mol. The maximum atomic E-state index is 11.1. The van der Waals surface area contributed by atoms with Gasteiger partial charge < -0.3 is 9.22 Å².